The normalized spacial score (nSPS) is 13.6. The molecule has 4 nitrogen and oxygen atoms in total. The molecular formula is C19H18N2O2S2. The number of thiophene rings is 1. The number of nitrogens with zero attached hydrogens (tertiary/aromatic N) is 2. The first-order chi connectivity index (χ1) is 12.2. The second-order valence-corrected chi connectivity index (χ2v) is 7.90. The predicted octanol–water partition coefficient (Wildman–Crippen LogP) is 4.69. The molecule has 1 saturated carbocycles. The summed E-state index contributed by atoms with van der Waals surface area (Å²) in [7, 11) is 1.65. The second-order valence-electron chi connectivity index (χ2n) is 6.01. The summed E-state index contributed by atoms with van der Waals surface area (Å²) >= 11 is 3.20. The van der Waals surface area contributed by atoms with E-state index in [0.717, 1.165) is 29.2 Å². The van der Waals surface area contributed by atoms with Gasteiger partial charge in [0.2, 0.25) is 0 Å². The SMILES string of the molecule is COc1ccc(-c2nc(C(=O)N(Cc3cccs3)C3CC3)cs2)cc1. The molecule has 1 fully saturated rings. The molecule has 2 aromatic heterocycles. The number of hydrogen-bond donors (Lipinski definition) is 0. The zero-order valence-corrected chi connectivity index (χ0v) is 15.5. The Morgan fingerprint density at radius 2 is 2.04 bits per heavy atom. The van der Waals surface area contributed by atoms with Crippen LogP contribution in [0.3, 0.4) is 0 Å². The fraction of sp³-hybridized carbons (Fsp3) is 0.263. The van der Waals surface area contributed by atoms with Crippen molar-refractivity contribution in [2.45, 2.75) is 25.4 Å². The van der Waals surface area contributed by atoms with Gasteiger partial charge >= 0.3 is 0 Å². The number of rotatable bonds is 6. The highest BCUT2D eigenvalue weighted by Crippen LogP contribution is 2.32. The summed E-state index contributed by atoms with van der Waals surface area (Å²) in [6.45, 7) is 0.677. The Labute approximate surface area is 154 Å². The summed E-state index contributed by atoms with van der Waals surface area (Å²) in [6.07, 6.45) is 2.18. The van der Waals surface area contributed by atoms with Gasteiger partial charge in [-0.25, -0.2) is 4.98 Å². The molecule has 1 amide bonds. The van der Waals surface area contributed by atoms with Gasteiger partial charge in [0.05, 0.1) is 13.7 Å². The lowest BCUT2D eigenvalue weighted by atomic mass is 10.2. The van der Waals surface area contributed by atoms with E-state index in [1.807, 2.05) is 40.6 Å². The van der Waals surface area contributed by atoms with Crippen LogP contribution >= 0.6 is 22.7 Å². The molecule has 0 radical (unpaired) electrons. The predicted molar refractivity (Wildman–Crippen MR) is 101 cm³/mol. The molecule has 0 unspecified atom stereocenters. The van der Waals surface area contributed by atoms with Crippen LogP contribution < -0.4 is 4.74 Å². The highest BCUT2D eigenvalue weighted by Gasteiger charge is 2.34. The Morgan fingerprint density at radius 1 is 1.24 bits per heavy atom. The molecule has 0 bridgehead atoms. The van der Waals surface area contributed by atoms with Crippen LogP contribution in [0.4, 0.5) is 0 Å². The van der Waals surface area contributed by atoms with Crippen molar-refractivity contribution in [1.29, 1.82) is 0 Å². The fourth-order valence-electron chi connectivity index (χ4n) is 2.71. The van der Waals surface area contributed by atoms with E-state index in [1.165, 1.54) is 16.2 Å². The van der Waals surface area contributed by atoms with E-state index in [1.54, 1.807) is 18.4 Å². The van der Waals surface area contributed by atoms with Crippen molar-refractivity contribution in [3.8, 4) is 16.3 Å². The van der Waals surface area contributed by atoms with Gasteiger partial charge in [0, 0.05) is 21.9 Å². The van der Waals surface area contributed by atoms with Crippen molar-refractivity contribution in [3.63, 3.8) is 0 Å². The Morgan fingerprint density at radius 3 is 2.68 bits per heavy atom. The van der Waals surface area contributed by atoms with E-state index >= 15 is 0 Å². The van der Waals surface area contributed by atoms with Gasteiger partial charge in [0.25, 0.3) is 5.91 Å². The Bertz CT molecular complexity index is 852. The number of aromatic nitrogens is 1. The van der Waals surface area contributed by atoms with Gasteiger partial charge in [0.15, 0.2) is 0 Å². The second kappa shape index (κ2) is 6.98. The maximum Gasteiger partial charge on any atom is 0.273 e. The topological polar surface area (TPSA) is 42.4 Å². The van der Waals surface area contributed by atoms with E-state index in [0.29, 0.717) is 18.3 Å². The highest BCUT2D eigenvalue weighted by atomic mass is 32.1. The molecule has 0 saturated heterocycles. The number of benzene rings is 1. The number of amides is 1. The number of ether oxygens (including phenoxy) is 1. The fourth-order valence-corrected chi connectivity index (χ4v) is 4.21. The van der Waals surface area contributed by atoms with Crippen molar-refractivity contribution in [3.05, 3.63) is 57.7 Å². The van der Waals surface area contributed by atoms with Crippen molar-refractivity contribution in [2.75, 3.05) is 7.11 Å². The third-order valence-electron chi connectivity index (χ3n) is 4.22. The highest BCUT2D eigenvalue weighted by molar-refractivity contribution is 7.13. The van der Waals surface area contributed by atoms with Crippen molar-refractivity contribution in [2.24, 2.45) is 0 Å². The molecule has 1 aliphatic rings. The molecule has 0 N–H and O–H groups in total. The van der Waals surface area contributed by atoms with Crippen LogP contribution in [0.15, 0.2) is 47.2 Å². The summed E-state index contributed by atoms with van der Waals surface area (Å²) in [4.78, 5) is 20.7. The Hall–Kier alpha value is -2.18. The summed E-state index contributed by atoms with van der Waals surface area (Å²) in [6, 6.07) is 12.2. The Balaban J connectivity index is 1.54. The molecule has 0 atom stereocenters. The van der Waals surface area contributed by atoms with Crippen LogP contribution in [0.5, 0.6) is 5.75 Å². The first kappa shape index (κ1) is 16.3. The molecule has 1 aromatic carbocycles. The van der Waals surface area contributed by atoms with Gasteiger partial charge in [-0.05, 0) is 48.6 Å². The van der Waals surface area contributed by atoms with Crippen LogP contribution in [0.2, 0.25) is 0 Å². The third kappa shape index (κ3) is 3.60. The number of carbonyl (C=O) groups is 1. The molecule has 128 valence electrons. The van der Waals surface area contributed by atoms with Crippen molar-refractivity contribution >= 4 is 28.6 Å². The summed E-state index contributed by atoms with van der Waals surface area (Å²) in [5.41, 5.74) is 1.54. The van der Waals surface area contributed by atoms with E-state index < -0.39 is 0 Å². The number of methoxy groups -OCH3 is 1. The van der Waals surface area contributed by atoms with Crippen molar-refractivity contribution in [1.82, 2.24) is 9.88 Å². The maximum absolute atomic E-state index is 13.0. The van der Waals surface area contributed by atoms with E-state index in [2.05, 4.69) is 16.4 Å². The largest absolute Gasteiger partial charge is 0.497 e. The van der Waals surface area contributed by atoms with Gasteiger partial charge in [-0.2, -0.15) is 0 Å². The molecule has 3 aromatic rings. The molecule has 2 heterocycles. The van der Waals surface area contributed by atoms with E-state index in [4.69, 9.17) is 4.74 Å². The molecule has 0 spiro atoms. The van der Waals surface area contributed by atoms with Crippen LogP contribution in [-0.4, -0.2) is 28.9 Å². The lowest BCUT2D eigenvalue weighted by Gasteiger charge is -2.20. The number of hydrogen-bond acceptors (Lipinski definition) is 5. The lowest BCUT2D eigenvalue weighted by molar-refractivity contribution is 0.0726. The summed E-state index contributed by atoms with van der Waals surface area (Å²) in [5, 5.41) is 4.78. The van der Waals surface area contributed by atoms with Crippen LogP contribution in [-0.2, 0) is 6.54 Å². The molecule has 4 rings (SSSR count). The average Bonchev–Trinajstić information content (AvgIpc) is 3.15. The van der Waals surface area contributed by atoms with Crippen LogP contribution in [0.1, 0.15) is 28.2 Å². The van der Waals surface area contributed by atoms with Gasteiger partial charge in [-0.15, -0.1) is 22.7 Å². The van der Waals surface area contributed by atoms with Crippen molar-refractivity contribution < 1.29 is 9.53 Å². The van der Waals surface area contributed by atoms with Gasteiger partial charge in [0.1, 0.15) is 16.5 Å². The average molecular weight is 370 g/mol. The lowest BCUT2D eigenvalue weighted by Crippen LogP contribution is -2.32. The van der Waals surface area contributed by atoms with E-state index in [-0.39, 0.29) is 5.91 Å². The third-order valence-corrected chi connectivity index (χ3v) is 5.97. The first-order valence-electron chi connectivity index (χ1n) is 8.18. The maximum atomic E-state index is 13.0. The molecule has 6 heteroatoms. The minimum absolute atomic E-state index is 0.0342. The standard InChI is InChI=1S/C19H18N2O2S2/c1-23-15-8-4-13(5-9-15)18-20-17(12-25-18)19(22)21(14-6-7-14)11-16-3-2-10-24-16/h2-5,8-10,12,14H,6-7,11H2,1H3. The molecule has 1 aliphatic carbocycles. The Kier molecular flexibility index (Phi) is 4.55. The minimum atomic E-state index is 0.0342. The van der Waals surface area contributed by atoms with E-state index in [9.17, 15) is 4.79 Å². The zero-order chi connectivity index (χ0) is 17.2. The van der Waals surface area contributed by atoms with Crippen LogP contribution in [0, 0.1) is 0 Å². The molecule has 0 aliphatic heterocycles. The molecular weight excluding hydrogens is 352 g/mol. The first-order valence-corrected chi connectivity index (χ1v) is 9.94. The minimum Gasteiger partial charge on any atom is -0.497 e. The zero-order valence-electron chi connectivity index (χ0n) is 13.8. The molecule has 25 heavy (non-hydrogen) atoms. The van der Waals surface area contributed by atoms with Gasteiger partial charge < -0.3 is 9.64 Å². The van der Waals surface area contributed by atoms with Gasteiger partial charge in [-0.1, -0.05) is 6.07 Å². The summed E-state index contributed by atoms with van der Waals surface area (Å²) in [5.74, 6) is 0.847. The van der Waals surface area contributed by atoms with Gasteiger partial charge in [-0.3, -0.25) is 4.79 Å². The number of carbonyl (C=O) groups excluding carboxylic acids is 1. The van der Waals surface area contributed by atoms with Crippen LogP contribution in [0.25, 0.3) is 10.6 Å². The quantitative estimate of drug-likeness (QED) is 0.632. The monoisotopic (exact) mass is 370 g/mol. The smallest absolute Gasteiger partial charge is 0.273 e. The number of thiazole rings is 1. The summed E-state index contributed by atoms with van der Waals surface area (Å²) < 4.78 is 5.19.